The number of carbonyl (C=O) groups excluding carboxylic acids is 1. The maximum absolute atomic E-state index is 12.3. The van der Waals surface area contributed by atoms with Gasteiger partial charge in [-0.1, -0.05) is 0 Å². The average Bonchev–Trinajstić information content (AvgIpc) is 3.10. The van der Waals surface area contributed by atoms with E-state index in [1.165, 1.54) is 0 Å². The molecule has 0 saturated heterocycles. The zero-order chi connectivity index (χ0) is 15.8. The number of oxazole rings is 1. The molecule has 0 atom stereocenters. The Bertz CT molecular complexity index is 837. The molecule has 6 heteroatoms. The van der Waals surface area contributed by atoms with Crippen molar-refractivity contribution in [3.8, 4) is 0 Å². The summed E-state index contributed by atoms with van der Waals surface area (Å²) in [4.78, 5) is 18.4. The number of thiophene rings is 1. The minimum atomic E-state index is -0.138. The van der Waals surface area contributed by atoms with Crippen LogP contribution in [0.15, 0.2) is 39.4 Å². The van der Waals surface area contributed by atoms with Crippen LogP contribution in [0.5, 0.6) is 0 Å². The van der Waals surface area contributed by atoms with Crippen LogP contribution in [0.4, 0.5) is 10.5 Å². The van der Waals surface area contributed by atoms with Crippen molar-refractivity contribution < 1.29 is 9.21 Å². The Labute approximate surface area is 137 Å². The first-order valence-electron chi connectivity index (χ1n) is 7.63. The summed E-state index contributed by atoms with van der Waals surface area (Å²) in [6, 6.07) is 7.46. The Morgan fingerprint density at radius 1 is 1.43 bits per heavy atom. The van der Waals surface area contributed by atoms with Crippen molar-refractivity contribution >= 4 is 34.2 Å². The predicted octanol–water partition coefficient (Wildman–Crippen LogP) is 4.43. The van der Waals surface area contributed by atoms with Crippen molar-refractivity contribution in [2.45, 2.75) is 25.3 Å². The fourth-order valence-electron chi connectivity index (χ4n) is 2.48. The molecule has 1 fully saturated rings. The molecule has 1 aliphatic rings. The summed E-state index contributed by atoms with van der Waals surface area (Å²) in [5.41, 5.74) is 3.44. The van der Waals surface area contributed by atoms with E-state index < -0.39 is 0 Å². The van der Waals surface area contributed by atoms with Crippen molar-refractivity contribution in [3.63, 3.8) is 0 Å². The number of fused-ring (bicyclic) bond motifs is 1. The fraction of sp³-hybridized carbons (Fsp3) is 0.294. The van der Waals surface area contributed by atoms with Crippen LogP contribution in [0.2, 0.25) is 0 Å². The second kappa shape index (κ2) is 5.70. The number of urea groups is 1. The first-order valence-corrected chi connectivity index (χ1v) is 8.57. The van der Waals surface area contributed by atoms with Gasteiger partial charge in [-0.15, -0.1) is 0 Å². The van der Waals surface area contributed by atoms with E-state index >= 15 is 0 Å². The lowest BCUT2D eigenvalue weighted by atomic mass is 10.3. The van der Waals surface area contributed by atoms with E-state index in [9.17, 15) is 4.79 Å². The molecule has 0 unspecified atom stereocenters. The van der Waals surface area contributed by atoms with E-state index in [4.69, 9.17) is 4.42 Å². The van der Waals surface area contributed by atoms with Gasteiger partial charge in [-0.25, -0.2) is 9.78 Å². The van der Waals surface area contributed by atoms with Gasteiger partial charge in [0.2, 0.25) is 0 Å². The van der Waals surface area contributed by atoms with E-state index in [0.29, 0.717) is 12.5 Å². The average molecular weight is 327 g/mol. The maximum atomic E-state index is 12.3. The molecule has 0 spiro atoms. The van der Waals surface area contributed by atoms with Crippen LogP contribution in [0.1, 0.15) is 30.2 Å². The second-order valence-electron chi connectivity index (χ2n) is 5.93. The highest BCUT2D eigenvalue weighted by atomic mass is 32.1. The first kappa shape index (κ1) is 14.3. The molecule has 5 nitrogen and oxygen atoms in total. The third kappa shape index (κ3) is 3.07. The second-order valence-corrected chi connectivity index (χ2v) is 6.71. The summed E-state index contributed by atoms with van der Waals surface area (Å²) in [6.45, 7) is 0.591. The van der Waals surface area contributed by atoms with Gasteiger partial charge in [0.1, 0.15) is 5.52 Å². The molecule has 1 aliphatic carbocycles. The Kier molecular flexibility index (Phi) is 3.53. The molecule has 2 amide bonds. The summed E-state index contributed by atoms with van der Waals surface area (Å²) in [5, 5.41) is 6.97. The van der Waals surface area contributed by atoms with E-state index in [1.807, 2.05) is 35.0 Å². The van der Waals surface area contributed by atoms with Crippen molar-refractivity contribution in [2.24, 2.45) is 0 Å². The van der Waals surface area contributed by atoms with Crippen LogP contribution in [-0.2, 0) is 6.54 Å². The summed E-state index contributed by atoms with van der Waals surface area (Å²) in [5.74, 6) is 1.30. The van der Waals surface area contributed by atoms with Gasteiger partial charge in [0.15, 0.2) is 11.5 Å². The minimum absolute atomic E-state index is 0.138. The van der Waals surface area contributed by atoms with Gasteiger partial charge in [-0.3, -0.25) is 0 Å². The molecule has 0 aliphatic heterocycles. The van der Waals surface area contributed by atoms with Crippen LogP contribution in [0.3, 0.4) is 0 Å². The van der Waals surface area contributed by atoms with Crippen molar-refractivity contribution in [1.29, 1.82) is 0 Å². The number of hydrogen-bond acceptors (Lipinski definition) is 4. The third-order valence-electron chi connectivity index (χ3n) is 3.93. The number of nitrogens with one attached hydrogen (secondary N) is 1. The van der Waals surface area contributed by atoms with E-state index in [-0.39, 0.29) is 6.03 Å². The zero-order valence-corrected chi connectivity index (χ0v) is 13.6. The van der Waals surface area contributed by atoms with Crippen molar-refractivity contribution in [1.82, 2.24) is 9.88 Å². The largest absolute Gasteiger partial charge is 0.440 e. The molecule has 2 heterocycles. The maximum Gasteiger partial charge on any atom is 0.321 e. The quantitative estimate of drug-likeness (QED) is 0.771. The van der Waals surface area contributed by atoms with Crippen LogP contribution < -0.4 is 5.32 Å². The predicted molar refractivity (Wildman–Crippen MR) is 90.8 cm³/mol. The van der Waals surface area contributed by atoms with Gasteiger partial charge in [-0.2, -0.15) is 11.3 Å². The van der Waals surface area contributed by atoms with Gasteiger partial charge in [0.25, 0.3) is 0 Å². The highest BCUT2D eigenvalue weighted by Gasteiger charge is 2.28. The summed E-state index contributed by atoms with van der Waals surface area (Å²) in [7, 11) is 1.78. The minimum Gasteiger partial charge on any atom is -0.440 e. The summed E-state index contributed by atoms with van der Waals surface area (Å²) < 4.78 is 5.74. The Morgan fingerprint density at radius 3 is 3.04 bits per heavy atom. The summed E-state index contributed by atoms with van der Waals surface area (Å²) >= 11 is 1.63. The highest BCUT2D eigenvalue weighted by molar-refractivity contribution is 7.07. The topological polar surface area (TPSA) is 58.4 Å². The molecule has 1 saturated carbocycles. The van der Waals surface area contributed by atoms with Gasteiger partial charge < -0.3 is 14.6 Å². The van der Waals surface area contributed by atoms with Crippen LogP contribution in [-0.4, -0.2) is 23.0 Å². The number of aromatic nitrogens is 1. The van der Waals surface area contributed by atoms with Crippen molar-refractivity contribution in [3.05, 3.63) is 46.5 Å². The van der Waals surface area contributed by atoms with Crippen LogP contribution in [0, 0.1) is 0 Å². The standard InChI is InChI=1S/C17H17N3O2S/c1-20(9-11-6-7-23-10-11)17(21)18-13-4-5-15-14(8-13)19-16(22-15)12-2-3-12/h4-8,10,12H,2-3,9H2,1H3,(H,18,21). The number of amides is 2. The zero-order valence-electron chi connectivity index (χ0n) is 12.8. The number of carbonyl (C=O) groups is 1. The van der Waals surface area contributed by atoms with Gasteiger partial charge in [-0.05, 0) is 53.4 Å². The van der Waals surface area contributed by atoms with Crippen LogP contribution >= 0.6 is 11.3 Å². The number of nitrogens with zero attached hydrogens (tertiary/aromatic N) is 2. The number of anilines is 1. The van der Waals surface area contributed by atoms with Crippen LogP contribution in [0.25, 0.3) is 11.1 Å². The number of rotatable bonds is 4. The highest BCUT2D eigenvalue weighted by Crippen LogP contribution is 2.40. The van der Waals surface area contributed by atoms with E-state index in [1.54, 1.807) is 23.3 Å². The van der Waals surface area contributed by atoms with E-state index in [2.05, 4.69) is 10.3 Å². The molecule has 1 N–H and O–H groups in total. The molecule has 4 rings (SSSR count). The van der Waals surface area contributed by atoms with Crippen molar-refractivity contribution in [2.75, 3.05) is 12.4 Å². The Hall–Kier alpha value is -2.34. The van der Waals surface area contributed by atoms with Gasteiger partial charge in [0.05, 0.1) is 0 Å². The Balaban J connectivity index is 1.46. The number of benzene rings is 1. The lowest BCUT2D eigenvalue weighted by molar-refractivity contribution is 0.221. The molecule has 1 aromatic carbocycles. The number of hydrogen-bond donors (Lipinski definition) is 1. The normalized spacial score (nSPS) is 14.1. The first-order chi connectivity index (χ1) is 11.2. The molecular weight excluding hydrogens is 310 g/mol. The third-order valence-corrected chi connectivity index (χ3v) is 4.66. The fourth-order valence-corrected chi connectivity index (χ4v) is 3.13. The van der Waals surface area contributed by atoms with Gasteiger partial charge >= 0.3 is 6.03 Å². The Morgan fingerprint density at radius 2 is 2.30 bits per heavy atom. The summed E-state index contributed by atoms with van der Waals surface area (Å²) in [6.07, 6.45) is 2.31. The molecule has 0 bridgehead atoms. The molecule has 23 heavy (non-hydrogen) atoms. The van der Waals surface area contributed by atoms with E-state index in [0.717, 1.165) is 41.1 Å². The smallest absolute Gasteiger partial charge is 0.321 e. The molecule has 2 aromatic heterocycles. The lowest BCUT2D eigenvalue weighted by Gasteiger charge is -2.17. The molecule has 3 aromatic rings. The lowest BCUT2D eigenvalue weighted by Crippen LogP contribution is -2.30. The molecular formula is C17H17N3O2S. The monoisotopic (exact) mass is 327 g/mol. The SMILES string of the molecule is CN(Cc1ccsc1)C(=O)Nc1ccc2oc(C3CC3)nc2c1. The molecule has 118 valence electrons. The molecule has 0 radical (unpaired) electrons. The van der Waals surface area contributed by atoms with Gasteiger partial charge in [0, 0.05) is 25.2 Å².